The Labute approximate surface area is 107 Å². The summed E-state index contributed by atoms with van der Waals surface area (Å²) in [5.41, 5.74) is 5.96. The number of hydrogen-bond donors (Lipinski definition) is 2. The number of ether oxygens (including phenoxy) is 2. The van der Waals surface area contributed by atoms with E-state index >= 15 is 0 Å². The highest BCUT2D eigenvalue weighted by Gasteiger charge is 2.45. The van der Waals surface area contributed by atoms with E-state index in [2.05, 4.69) is 0 Å². The minimum atomic E-state index is -3.22. The fourth-order valence-corrected chi connectivity index (χ4v) is 3.14. The minimum Gasteiger partial charge on any atom is -0.384 e. The van der Waals surface area contributed by atoms with Gasteiger partial charge in [-0.2, -0.15) is 0 Å². The molecule has 3 N–H and O–H groups in total. The molecule has 0 heterocycles. The molecule has 0 aliphatic heterocycles. The molecule has 0 aromatic carbocycles. The summed E-state index contributed by atoms with van der Waals surface area (Å²) in [4.78, 5) is 9.71. The molecule has 0 bridgehead atoms. The average Bonchev–Trinajstić information content (AvgIpc) is 2.55. The van der Waals surface area contributed by atoms with Gasteiger partial charge in [-0.3, -0.25) is 0 Å². The summed E-state index contributed by atoms with van der Waals surface area (Å²) >= 11 is 4.84. The highest BCUT2D eigenvalue weighted by atomic mass is 32.5. The molecule has 2 unspecified atom stereocenters. The first-order chi connectivity index (χ1) is 7.95. The lowest BCUT2D eigenvalue weighted by Gasteiger charge is -2.27. The molecule has 6 nitrogen and oxygen atoms in total. The number of rotatable bonds is 6. The van der Waals surface area contributed by atoms with Gasteiger partial charge in [0.05, 0.1) is 18.8 Å². The first-order valence-electron chi connectivity index (χ1n) is 5.29. The molecule has 17 heavy (non-hydrogen) atoms. The van der Waals surface area contributed by atoms with Crippen LogP contribution in [-0.2, 0) is 30.3 Å². The lowest BCUT2D eigenvalue weighted by atomic mass is 10.1. The first-order valence-corrected chi connectivity index (χ1v) is 7.88. The molecule has 8 heteroatoms. The second kappa shape index (κ2) is 6.54. The zero-order valence-electron chi connectivity index (χ0n) is 10.2. The smallest absolute Gasteiger partial charge is 0.324 e. The van der Waals surface area contributed by atoms with Crippen molar-refractivity contribution in [2.75, 3.05) is 27.9 Å². The van der Waals surface area contributed by atoms with Crippen molar-refractivity contribution in [2.45, 2.75) is 24.7 Å². The van der Waals surface area contributed by atoms with Gasteiger partial charge in [-0.25, -0.2) is 0 Å². The predicted octanol–water partition coefficient (Wildman–Crippen LogP) is 0.243. The number of hydrogen-bond acceptors (Lipinski definition) is 6. The van der Waals surface area contributed by atoms with Gasteiger partial charge in [0.15, 0.2) is 0 Å². The van der Waals surface area contributed by atoms with E-state index in [0.29, 0.717) is 13.0 Å². The molecule has 0 aromatic rings. The van der Waals surface area contributed by atoms with Crippen molar-refractivity contribution in [3.63, 3.8) is 0 Å². The third-order valence-electron chi connectivity index (χ3n) is 2.92. The molecule has 0 amide bonds. The standard InChI is InChI=1S/C9H20NO5PS/c1-12-5-6-4-7(10)9(13-2)8(6)15-16(11,17)14-3/h6-9H,4-5,10H2,1-3H3,(H,11,17)/t6-,7-,8?,9-,16?/m1/s1. The third kappa shape index (κ3) is 3.94. The highest BCUT2D eigenvalue weighted by molar-refractivity contribution is 8.07. The monoisotopic (exact) mass is 285 g/mol. The van der Waals surface area contributed by atoms with E-state index in [1.54, 1.807) is 14.2 Å². The summed E-state index contributed by atoms with van der Waals surface area (Å²) < 4.78 is 20.6. The summed E-state index contributed by atoms with van der Waals surface area (Å²) in [6.45, 7) is -2.74. The van der Waals surface area contributed by atoms with Crippen molar-refractivity contribution in [1.82, 2.24) is 0 Å². The summed E-state index contributed by atoms with van der Waals surface area (Å²) in [5, 5.41) is 0. The molecule has 1 rings (SSSR count). The van der Waals surface area contributed by atoms with Crippen LogP contribution < -0.4 is 5.73 Å². The van der Waals surface area contributed by atoms with E-state index in [9.17, 15) is 4.89 Å². The van der Waals surface area contributed by atoms with Crippen LogP contribution in [0.3, 0.4) is 0 Å². The van der Waals surface area contributed by atoms with Gasteiger partial charge in [0, 0.05) is 33.3 Å². The van der Waals surface area contributed by atoms with E-state index in [-0.39, 0.29) is 18.1 Å². The molecule has 0 saturated heterocycles. The van der Waals surface area contributed by atoms with Gasteiger partial charge in [0.1, 0.15) is 0 Å². The zero-order valence-corrected chi connectivity index (χ0v) is 11.9. The minimum absolute atomic E-state index is 0.0459. The Morgan fingerprint density at radius 1 is 1.35 bits per heavy atom. The number of methoxy groups -OCH3 is 2. The third-order valence-corrected chi connectivity index (χ3v) is 4.60. The molecule has 1 fully saturated rings. The highest BCUT2D eigenvalue weighted by Crippen LogP contribution is 2.48. The van der Waals surface area contributed by atoms with Crippen molar-refractivity contribution in [2.24, 2.45) is 11.7 Å². The zero-order chi connectivity index (χ0) is 13.1. The summed E-state index contributed by atoms with van der Waals surface area (Å²) in [5.74, 6) is 0.0459. The Morgan fingerprint density at radius 2 is 2.00 bits per heavy atom. The van der Waals surface area contributed by atoms with E-state index in [0.717, 1.165) is 0 Å². The van der Waals surface area contributed by atoms with Gasteiger partial charge in [-0.1, -0.05) is 0 Å². The van der Waals surface area contributed by atoms with Gasteiger partial charge < -0.3 is 29.1 Å². The Bertz CT molecular complexity index is 293. The maximum Gasteiger partial charge on any atom is 0.324 e. The maximum atomic E-state index is 9.71. The molecule has 5 atom stereocenters. The van der Waals surface area contributed by atoms with Crippen LogP contribution in [0.2, 0.25) is 0 Å². The van der Waals surface area contributed by atoms with Crippen LogP contribution in [0, 0.1) is 5.92 Å². The quantitative estimate of drug-likeness (QED) is 0.676. The lowest BCUT2D eigenvalue weighted by Crippen LogP contribution is -2.39. The van der Waals surface area contributed by atoms with Crippen molar-refractivity contribution < 1.29 is 23.4 Å². The molecule has 102 valence electrons. The summed E-state index contributed by atoms with van der Waals surface area (Å²) in [7, 11) is 4.49. The normalized spacial score (nSPS) is 37.0. The van der Waals surface area contributed by atoms with Crippen molar-refractivity contribution in [3.05, 3.63) is 0 Å². The van der Waals surface area contributed by atoms with Crippen molar-refractivity contribution in [1.29, 1.82) is 0 Å². The van der Waals surface area contributed by atoms with E-state index in [4.69, 9.17) is 36.1 Å². The molecular weight excluding hydrogens is 265 g/mol. The van der Waals surface area contributed by atoms with Gasteiger partial charge in [-0.15, -0.1) is 0 Å². The second-order valence-electron chi connectivity index (χ2n) is 4.04. The van der Waals surface area contributed by atoms with Crippen LogP contribution in [0.4, 0.5) is 0 Å². The van der Waals surface area contributed by atoms with Gasteiger partial charge in [0.2, 0.25) is 0 Å². The SMILES string of the molecule is COC[C@H]1C[C@@H](N)[C@@H](OC)C1OP(O)(=S)OC. The second-order valence-corrected chi connectivity index (χ2v) is 6.93. The van der Waals surface area contributed by atoms with Crippen molar-refractivity contribution in [3.8, 4) is 0 Å². The van der Waals surface area contributed by atoms with Crippen LogP contribution in [0.1, 0.15) is 6.42 Å². The van der Waals surface area contributed by atoms with Crippen LogP contribution >= 0.6 is 6.72 Å². The van der Waals surface area contributed by atoms with Crippen LogP contribution in [0.15, 0.2) is 0 Å². The Hall–Kier alpha value is 0.410. The molecule has 0 radical (unpaired) electrons. The largest absolute Gasteiger partial charge is 0.384 e. The Morgan fingerprint density at radius 3 is 2.47 bits per heavy atom. The summed E-state index contributed by atoms with van der Waals surface area (Å²) in [6, 6.07) is -0.156. The van der Waals surface area contributed by atoms with Crippen molar-refractivity contribution >= 4 is 18.5 Å². The molecule has 0 spiro atoms. The van der Waals surface area contributed by atoms with Gasteiger partial charge >= 0.3 is 6.72 Å². The Kier molecular flexibility index (Phi) is 5.95. The fourth-order valence-electron chi connectivity index (χ4n) is 2.16. The Balaban J connectivity index is 2.77. The summed E-state index contributed by atoms with van der Waals surface area (Å²) in [6.07, 6.45) is 0.00119. The van der Waals surface area contributed by atoms with E-state index in [1.165, 1.54) is 7.11 Å². The first kappa shape index (κ1) is 15.5. The molecule has 0 aromatic heterocycles. The van der Waals surface area contributed by atoms with Crippen LogP contribution in [-0.4, -0.2) is 51.1 Å². The number of nitrogens with two attached hydrogens (primary N) is 1. The topological polar surface area (TPSA) is 83.2 Å². The van der Waals surface area contributed by atoms with E-state index in [1.807, 2.05) is 0 Å². The van der Waals surface area contributed by atoms with E-state index < -0.39 is 12.8 Å². The molecule has 1 aliphatic carbocycles. The molecule has 1 saturated carbocycles. The maximum absolute atomic E-state index is 9.71. The lowest BCUT2D eigenvalue weighted by molar-refractivity contribution is -0.0190. The van der Waals surface area contributed by atoms with Crippen LogP contribution in [0.5, 0.6) is 0 Å². The predicted molar refractivity (Wildman–Crippen MR) is 67.1 cm³/mol. The fraction of sp³-hybridized carbons (Fsp3) is 1.00. The molecular formula is C9H20NO5PS. The van der Waals surface area contributed by atoms with Gasteiger partial charge in [-0.05, 0) is 18.2 Å². The average molecular weight is 285 g/mol. The van der Waals surface area contributed by atoms with Crippen LogP contribution in [0.25, 0.3) is 0 Å². The van der Waals surface area contributed by atoms with Gasteiger partial charge in [0.25, 0.3) is 0 Å². The molecule has 1 aliphatic rings.